The van der Waals surface area contributed by atoms with Crippen molar-refractivity contribution >= 4 is 22.6 Å². The molecule has 0 fully saturated rings. The minimum absolute atomic E-state index is 0.387. The maximum atomic E-state index is 5.56. The highest BCUT2D eigenvalue weighted by atomic mass is 127. The number of nitrogens with one attached hydrogen (secondary N) is 1. The highest BCUT2D eigenvalue weighted by Crippen LogP contribution is 2.22. The van der Waals surface area contributed by atoms with E-state index in [1.165, 1.54) is 9.13 Å². The molecule has 90 valence electrons. The first-order chi connectivity index (χ1) is 8.20. The van der Waals surface area contributed by atoms with Crippen molar-refractivity contribution in [2.75, 3.05) is 6.54 Å². The summed E-state index contributed by atoms with van der Waals surface area (Å²) >= 11 is 2.30. The Hall–Kier alpha value is -0.880. The van der Waals surface area contributed by atoms with Crippen molar-refractivity contribution in [2.24, 2.45) is 5.73 Å². The number of benzene rings is 1. The predicted molar refractivity (Wildman–Crippen MR) is 78.8 cm³/mol. The van der Waals surface area contributed by atoms with Gasteiger partial charge in [0.05, 0.1) is 11.9 Å². The molecule has 3 nitrogen and oxygen atoms in total. The van der Waals surface area contributed by atoms with Crippen molar-refractivity contribution in [3.63, 3.8) is 0 Å². The standard InChI is InChI=1S/C13H16IN3/c1-9(6-7-15)13-16-8-12(17-13)10-2-4-11(14)5-3-10/h2-5,8-9H,6-7,15H2,1H3,(H,16,17). The van der Waals surface area contributed by atoms with Crippen molar-refractivity contribution in [1.82, 2.24) is 9.97 Å². The minimum Gasteiger partial charge on any atom is -0.342 e. The lowest BCUT2D eigenvalue weighted by Crippen LogP contribution is -2.05. The predicted octanol–water partition coefficient (Wildman–Crippen LogP) is 3.13. The number of imidazole rings is 1. The van der Waals surface area contributed by atoms with Crippen LogP contribution in [0.4, 0.5) is 0 Å². The molecular formula is C13H16IN3. The Bertz CT molecular complexity index is 476. The lowest BCUT2D eigenvalue weighted by Gasteiger charge is -2.05. The zero-order valence-corrected chi connectivity index (χ0v) is 11.9. The van der Waals surface area contributed by atoms with Crippen LogP contribution in [0.15, 0.2) is 30.5 Å². The first kappa shape index (κ1) is 12.6. The fourth-order valence-electron chi connectivity index (χ4n) is 1.75. The monoisotopic (exact) mass is 341 g/mol. The van der Waals surface area contributed by atoms with Crippen molar-refractivity contribution in [3.05, 3.63) is 39.9 Å². The van der Waals surface area contributed by atoms with Gasteiger partial charge < -0.3 is 10.7 Å². The zero-order valence-electron chi connectivity index (χ0n) is 9.78. The summed E-state index contributed by atoms with van der Waals surface area (Å²) in [5.74, 6) is 1.40. The topological polar surface area (TPSA) is 54.7 Å². The second-order valence-electron chi connectivity index (χ2n) is 4.17. The summed E-state index contributed by atoms with van der Waals surface area (Å²) in [6, 6.07) is 8.40. The molecule has 0 spiro atoms. The van der Waals surface area contributed by atoms with Gasteiger partial charge in [0.15, 0.2) is 0 Å². The fourth-order valence-corrected chi connectivity index (χ4v) is 2.11. The summed E-state index contributed by atoms with van der Waals surface area (Å²) in [5, 5.41) is 0. The van der Waals surface area contributed by atoms with Gasteiger partial charge in [-0.05, 0) is 53.3 Å². The molecule has 2 aromatic rings. The van der Waals surface area contributed by atoms with Crippen LogP contribution < -0.4 is 5.73 Å². The second kappa shape index (κ2) is 5.64. The molecule has 0 radical (unpaired) electrons. The largest absolute Gasteiger partial charge is 0.342 e. The first-order valence-electron chi connectivity index (χ1n) is 5.71. The van der Waals surface area contributed by atoms with Crippen LogP contribution >= 0.6 is 22.6 Å². The number of hydrogen-bond donors (Lipinski definition) is 2. The summed E-state index contributed by atoms with van der Waals surface area (Å²) < 4.78 is 1.24. The Labute approximate surface area is 115 Å². The van der Waals surface area contributed by atoms with E-state index in [0.29, 0.717) is 12.5 Å². The van der Waals surface area contributed by atoms with Gasteiger partial charge in [0.1, 0.15) is 5.82 Å². The van der Waals surface area contributed by atoms with E-state index in [1.807, 2.05) is 6.20 Å². The molecule has 2 rings (SSSR count). The highest BCUT2D eigenvalue weighted by molar-refractivity contribution is 14.1. The lowest BCUT2D eigenvalue weighted by molar-refractivity contribution is 0.655. The number of hydrogen-bond acceptors (Lipinski definition) is 2. The van der Waals surface area contributed by atoms with E-state index in [0.717, 1.165) is 17.9 Å². The van der Waals surface area contributed by atoms with Gasteiger partial charge in [-0.25, -0.2) is 4.98 Å². The van der Waals surface area contributed by atoms with Crippen molar-refractivity contribution in [1.29, 1.82) is 0 Å². The molecule has 0 amide bonds. The molecular weight excluding hydrogens is 325 g/mol. The van der Waals surface area contributed by atoms with Crippen LogP contribution in [0.1, 0.15) is 25.1 Å². The van der Waals surface area contributed by atoms with Crippen LogP contribution in [-0.4, -0.2) is 16.5 Å². The average molecular weight is 341 g/mol. The molecule has 1 heterocycles. The summed E-state index contributed by atoms with van der Waals surface area (Å²) in [5.41, 5.74) is 7.80. The van der Waals surface area contributed by atoms with Crippen LogP contribution in [-0.2, 0) is 0 Å². The smallest absolute Gasteiger partial charge is 0.109 e. The van der Waals surface area contributed by atoms with Gasteiger partial charge in [0.2, 0.25) is 0 Å². The minimum atomic E-state index is 0.387. The molecule has 1 unspecified atom stereocenters. The van der Waals surface area contributed by atoms with Crippen LogP contribution in [0.2, 0.25) is 0 Å². The molecule has 1 atom stereocenters. The Kier molecular flexibility index (Phi) is 4.17. The number of H-pyrrole nitrogens is 1. The summed E-state index contributed by atoms with van der Waals surface area (Å²) in [7, 11) is 0. The van der Waals surface area contributed by atoms with Crippen LogP contribution in [0.3, 0.4) is 0 Å². The maximum Gasteiger partial charge on any atom is 0.109 e. The Morgan fingerprint density at radius 2 is 2.06 bits per heavy atom. The molecule has 1 aromatic carbocycles. The Morgan fingerprint density at radius 3 is 2.71 bits per heavy atom. The molecule has 0 saturated heterocycles. The third-order valence-electron chi connectivity index (χ3n) is 2.82. The Morgan fingerprint density at radius 1 is 1.35 bits per heavy atom. The molecule has 0 aliphatic carbocycles. The molecule has 17 heavy (non-hydrogen) atoms. The molecule has 0 aliphatic rings. The van der Waals surface area contributed by atoms with E-state index in [-0.39, 0.29) is 0 Å². The number of halogens is 1. The molecule has 3 N–H and O–H groups in total. The number of nitrogens with two attached hydrogens (primary N) is 1. The fraction of sp³-hybridized carbons (Fsp3) is 0.308. The van der Waals surface area contributed by atoms with Crippen LogP contribution in [0.25, 0.3) is 11.3 Å². The number of aromatic amines is 1. The van der Waals surface area contributed by atoms with Gasteiger partial charge in [-0.1, -0.05) is 19.1 Å². The van der Waals surface area contributed by atoms with E-state index < -0.39 is 0 Å². The van der Waals surface area contributed by atoms with E-state index in [1.54, 1.807) is 0 Å². The molecule has 0 aliphatic heterocycles. The molecule has 1 aromatic heterocycles. The Balaban J connectivity index is 2.20. The van der Waals surface area contributed by atoms with Gasteiger partial charge in [0.25, 0.3) is 0 Å². The summed E-state index contributed by atoms with van der Waals surface area (Å²) in [4.78, 5) is 7.78. The lowest BCUT2D eigenvalue weighted by atomic mass is 10.1. The van der Waals surface area contributed by atoms with E-state index in [4.69, 9.17) is 5.73 Å². The van der Waals surface area contributed by atoms with Crippen molar-refractivity contribution in [2.45, 2.75) is 19.3 Å². The molecule has 0 saturated carbocycles. The van der Waals surface area contributed by atoms with Crippen LogP contribution in [0.5, 0.6) is 0 Å². The first-order valence-corrected chi connectivity index (χ1v) is 6.79. The van der Waals surface area contributed by atoms with Crippen molar-refractivity contribution in [3.8, 4) is 11.3 Å². The summed E-state index contributed by atoms with van der Waals surface area (Å²) in [6.07, 6.45) is 2.85. The van der Waals surface area contributed by atoms with E-state index in [9.17, 15) is 0 Å². The van der Waals surface area contributed by atoms with Gasteiger partial charge in [0, 0.05) is 9.49 Å². The zero-order chi connectivity index (χ0) is 12.3. The summed E-state index contributed by atoms with van der Waals surface area (Å²) in [6.45, 7) is 2.84. The quantitative estimate of drug-likeness (QED) is 0.840. The van der Waals surface area contributed by atoms with Gasteiger partial charge in [-0.15, -0.1) is 0 Å². The third-order valence-corrected chi connectivity index (χ3v) is 3.54. The molecule has 0 bridgehead atoms. The SMILES string of the molecule is CC(CCN)c1ncc(-c2ccc(I)cc2)[nH]1. The van der Waals surface area contributed by atoms with E-state index >= 15 is 0 Å². The van der Waals surface area contributed by atoms with Gasteiger partial charge in [-0.2, -0.15) is 0 Å². The average Bonchev–Trinajstić information content (AvgIpc) is 2.80. The number of aromatic nitrogens is 2. The molecule has 4 heteroatoms. The third kappa shape index (κ3) is 3.07. The number of nitrogens with zero attached hydrogens (tertiary/aromatic N) is 1. The normalized spacial score (nSPS) is 12.6. The maximum absolute atomic E-state index is 5.56. The van der Waals surface area contributed by atoms with E-state index in [2.05, 4.69) is 63.7 Å². The van der Waals surface area contributed by atoms with Gasteiger partial charge in [-0.3, -0.25) is 0 Å². The number of rotatable bonds is 4. The van der Waals surface area contributed by atoms with Crippen LogP contribution in [0, 0.1) is 3.57 Å². The second-order valence-corrected chi connectivity index (χ2v) is 5.41. The highest BCUT2D eigenvalue weighted by Gasteiger charge is 2.09. The van der Waals surface area contributed by atoms with Crippen molar-refractivity contribution < 1.29 is 0 Å². The van der Waals surface area contributed by atoms with Gasteiger partial charge >= 0.3 is 0 Å².